The Morgan fingerprint density at radius 1 is 1.54 bits per heavy atom. The van der Waals surface area contributed by atoms with Crippen molar-refractivity contribution in [3.8, 4) is 0 Å². The molecule has 0 spiro atoms. The van der Waals surface area contributed by atoms with E-state index in [0.29, 0.717) is 12.3 Å². The van der Waals surface area contributed by atoms with Crippen molar-refractivity contribution in [3.05, 3.63) is 36.5 Å². The molecule has 68 valence electrons. The Balaban J connectivity index is 2.08. The fourth-order valence-electron chi connectivity index (χ4n) is 1.46. The number of aromatic nitrogens is 2. The monoisotopic (exact) mass is 176 g/mol. The fourth-order valence-corrected chi connectivity index (χ4v) is 1.46. The van der Waals surface area contributed by atoms with Gasteiger partial charge in [-0.25, -0.2) is 0 Å². The number of rotatable bonds is 3. The van der Waals surface area contributed by atoms with E-state index in [9.17, 15) is 0 Å². The van der Waals surface area contributed by atoms with Crippen LogP contribution in [0.15, 0.2) is 29.3 Å². The summed E-state index contributed by atoms with van der Waals surface area (Å²) in [5, 5.41) is 3.87. The minimum atomic E-state index is 0.408. The summed E-state index contributed by atoms with van der Waals surface area (Å²) in [6, 6.07) is 0. The SMILES string of the molecule is C=CCc1noc(C2CC=CC2)n1. The normalized spacial score (nSPS) is 16.6. The van der Waals surface area contributed by atoms with Crippen LogP contribution in [0.3, 0.4) is 0 Å². The van der Waals surface area contributed by atoms with E-state index in [4.69, 9.17) is 4.52 Å². The van der Waals surface area contributed by atoms with Gasteiger partial charge in [0.05, 0.1) is 0 Å². The molecule has 0 saturated heterocycles. The average molecular weight is 176 g/mol. The zero-order valence-corrected chi connectivity index (χ0v) is 7.44. The van der Waals surface area contributed by atoms with Gasteiger partial charge in [-0.15, -0.1) is 6.58 Å². The lowest BCUT2D eigenvalue weighted by molar-refractivity contribution is 0.353. The van der Waals surface area contributed by atoms with Crippen LogP contribution < -0.4 is 0 Å². The zero-order chi connectivity index (χ0) is 9.10. The molecular weight excluding hydrogens is 164 g/mol. The van der Waals surface area contributed by atoms with Gasteiger partial charge < -0.3 is 4.52 Å². The summed E-state index contributed by atoms with van der Waals surface area (Å²) in [6.45, 7) is 3.63. The second kappa shape index (κ2) is 3.56. The summed E-state index contributed by atoms with van der Waals surface area (Å²) < 4.78 is 5.15. The van der Waals surface area contributed by atoms with Crippen LogP contribution in [0.25, 0.3) is 0 Å². The first-order valence-corrected chi connectivity index (χ1v) is 4.48. The molecule has 1 aliphatic rings. The van der Waals surface area contributed by atoms with Crippen molar-refractivity contribution in [1.29, 1.82) is 0 Å². The summed E-state index contributed by atoms with van der Waals surface area (Å²) in [4.78, 5) is 4.29. The summed E-state index contributed by atoms with van der Waals surface area (Å²) in [5.74, 6) is 1.91. The van der Waals surface area contributed by atoms with E-state index in [1.807, 2.05) is 0 Å². The van der Waals surface area contributed by atoms with E-state index in [1.165, 1.54) is 0 Å². The Morgan fingerprint density at radius 2 is 2.31 bits per heavy atom. The van der Waals surface area contributed by atoms with Crippen molar-refractivity contribution >= 4 is 0 Å². The lowest BCUT2D eigenvalue weighted by Gasteiger charge is -1.99. The van der Waals surface area contributed by atoms with Gasteiger partial charge in [0.2, 0.25) is 5.89 Å². The molecule has 2 rings (SSSR count). The highest BCUT2D eigenvalue weighted by atomic mass is 16.5. The van der Waals surface area contributed by atoms with Gasteiger partial charge in [-0.3, -0.25) is 0 Å². The molecule has 3 heteroatoms. The lowest BCUT2D eigenvalue weighted by Crippen LogP contribution is -1.93. The molecule has 0 atom stereocenters. The van der Waals surface area contributed by atoms with Crippen LogP contribution in [0, 0.1) is 0 Å². The van der Waals surface area contributed by atoms with Gasteiger partial charge in [-0.05, 0) is 12.8 Å². The first kappa shape index (κ1) is 8.23. The largest absolute Gasteiger partial charge is 0.339 e. The molecule has 0 amide bonds. The van der Waals surface area contributed by atoms with Crippen LogP contribution in [0.1, 0.15) is 30.5 Å². The third-order valence-electron chi connectivity index (χ3n) is 2.17. The van der Waals surface area contributed by atoms with E-state index in [2.05, 4.69) is 28.9 Å². The molecular formula is C10H12N2O. The summed E-state index contributed by atoms with van der Waals surface area (Å²) in [6.07, 6.45) is 8.82. The summed E-state index contributed by atoms with van der Waals surface area (Å²) >= 11 is 0. The minimum Gasteiger partial charge on any atom is -0.339 e. The maximum atomic E-state index is 5.15. The Kier molecular flexibility index (Phi) is 2.25. The van der Waals surface area contributed by atoms with Crippen molar-refractivity contribution in [3.63, 3.8) is 0 Å². The van der Waals surface area contributed by atoms with Crippen LogP contribution >= 0.6 is 0 Å². The van der Waals surface area contributed by atoms with E-state index < -0.39 is 0 Å². The molecule has 1 aromatic heterocycles. The number of hydrogen-bond donors (Lipinski definition) is 0. The predicted octanol–water partition coefficient (Wildman–Crippen LogP) is 2.23. The first-order valence-electron chi connectivity index (χ1n) is 4.48. The van der Waals surface area contributed by atoms with E-state index in [-0.39, 0.29) is 0 Å². The molecule has 3 nitrogen and oxygen atoms in total. The van der Waals surface area contributed by atoms with E-state index >= 15 is 0 Å². The first-order chi connectivity index (χ1) is 6.40. The highest BCUT2D eigenvalue weighted by molar-refractivity contribution is 5.07. The molecule has 0 unspecified atom stereocenters. The van der Waals surface area contributed by atoms with Crippen LogP contribution in [0.4, 0.5) is 0 Å². The molecule has 1 aliphatic carbocycles. The van der Waals surface area contributed by atoms with Gasteiger partial charge in [0.1, 0.15) is 0 Å². The topological polar surface area (TPSA) is 38.9 Å². The van der Waals surface area contributed by atoms with E-state index in [1.54, 1.807) is 6.08 Å². The van der Waals surface area contributed by atoms with Crippen LogP contribution in [-0.4, -0.2) is 10.1 Å². The maximum absolute atomic E-state index is 5.15. The van der Waals surface area contributed by atoms with Gasteiger partial charge in [-0.1, -0.05) is 23.4 Å². The second-order valence-corrected chi connectivity index (χ2v) is 3.18. The minimum absolute atomic E-state index is 0.408. The molecule has 13 heavy (non-hydrogen) atoms. The molecule has 1 aromatic rings. The third-order valence-corrected chi connectivity index (χ3v) is 2.17. The Hall–Kier alpha value is -1.38. The van der Waals surface area contributed by atoms with Gasteiger partial charge in [-0.2, -0.15) is 4.98 Å². The zero-order valence-electron chi connectivity index (χ0n) is 7.44. The van der Waals surface area contributed by atoms with Crippen molar-refractivity contribution in [2.75, 3.05) is 0 Å². The smallest absolute Gasteiger partial charge is 0.230 e. The molecule has 0 bridgehead atoms. The van der Waals surface area contributed by atoms with Crippen molar-refractivity contribution in [1.82, 2.24) is 10.1 Å². The fraction of sp³-hybridized carbons (Fsp3) is 0.400. The van der Waals surface area contributed by atoms with E-state index in [0.717, 1.165) is 24.6 Å². The molecule has 0 N–H and O–H groups in total. The lowest BCUT2D eigenvalue weighted by atomic mass is 10.1. The average Bonchev–Trinajstić information content (AvgIpc) is 2.70. The molecule has 0 fully saturated rings. The Labute approximate surface area is 77.2 Å². The van der Waals surface area contributed by atoms with Gasteiger partial charge in [0.25, 0.3) is 0 Å². The number of hydrogen-bond acceptors (Lipinski definition) is 3. The van der Waals surface area contributed by atoms with Crippen molar-refractivity contribution in [2.45, 2.75) is 25.2 Å². The predicted molar refractivity (Wildman–Crippen MR) is 49.3 cm³/mol. The molecule has 0 saturated carbocycles. The number of allylic oxidation sites excluding steroid dienone is 3. The Bertz CT molecular complexity index is 319. The highest BCUT2D eigenvalue weighted by Gasteiger charge is 2.19. The van der Waals surface area contributed by atoms with Crippen molar-refractivity contribution in [2.24, 2.45) is 0 Å². The molecule has 0 aliphatic heterocycles. The maximum Gasteiger partial charge on any atom is 0.230 e. The molecule has 0 radical (unpaired) electrons. The van der Waals surface area contributed by atoms with Gasteiger partial charge in [0, 0.05) is 12.3 Å². The third kappa shape index (κ3) is 1.69. The molecule has 0 aromatic carbocycles. The van der Waals surface area contributed by atoms with Crippen LogP contribution in [-0.2, 0) is 6.42 Å². The van der Waals surface area contributed by atoms with Crippen LogP contribution in [0.2, 0.25) is 0 Å². The highest BCUT2D eigenvalue weighted by Crippen LogP contribution is 2.27. The summed E-state index contributed by atoms with van der Waals surface area (Å²) in [7, 11) is 0. The van der Waals surface area contributed by atoms with Crippen molar-refractivity contribution < 1.29 is 4.52 Å². The quantitative estimate of drug-likeness (QED) is 0.663. The Morgan fingerprint density at radius 3 is 3.00 bits per heavy atom. The van der Waals surface area contributed by atoms with Gasteiger partial charge >= 0.3 is 0 Å². The standard InChI is InChI=1S/C10H12N2O/c1-2-5-9-11-10(13-12-9)8-6-3-4-7-8/h2-4,8H,1,5-7H2. The summed E-state index contributed by atoms with van der Waals surface area (Å²) in [5.41, 5.74) is 0. The molecule has 1 heterocycles. The number of nitrogens with zero attached hydrogens (tertiary/aromatic N) is 2. The van der Waals surface area contributed by atoms with Crippen LogP contribution in [0.5, 0.6) is 0 Å². The van der Waals surface area contributed by atoms with Gasteiger partial charge in [0.15, 0.2) is 5.82 Å². The second-order valence-electron chi connectivity index (χ2n) is 3.18.